The number of benzene rings is 1. The van der Waals surface area contributed by atoms with Crippen LogP contribution in [0.5, 0.6) is 0 Å². The van der Waals surface area contributed by atoms with Gasteiger partial charge >= 0.3 is 12.0 Å². The van der Waals surface area contributed by atoms with Crippen molar-refractivity contribution >= 4 is 47.4 Å². The second kappa shape index (κ2) is 20.5. The van der Waals surface area contributed by atoms with Gasteiger partial charge in [-0.05, 0) is 102 Å². The Kier molecular flexibility index (Phi) is 15.8. The number of fused-ring (bicyclic) bond motifs is 3. The van der Waals surface area contributed by atoms with Crippen LogP contribution in [-0.4, -0.2) is 118 Å². The van der Waals surface area contributed by atoms with Crippen LogP contribution in [0.3, 0.4) is 0 Å². The summed E-state index contributed by atoms with van der Waals surface area (Å²) in [7, 11) is 0. The molecule has 5 unspecified atom stereocenters. The lowest BCUT2D eigenvalue weighted by Gasteiger charge is -2.38. The van der Waals surface area contributed by atoms with Crippen molar-refractivity contribution in [3.63, 3.8) is 0 Å². The zero-order valence-electron chi connectivity index (χ0n) is 32.7. The largest absolute Gasteiger partial charge is 0.461 e. The first-order valence-electron chi connectivity index (χ1n) is 19.1. The molecular weight excluding hydrogens is 746 g/mol. The molecule has 4 aliphatic rings. The Morgan fingerprint density at radius 2 is 1.44 bits per heavy atom. The number of aromatic nitrogens is 1. The van der Waals surface area contributed by atoms with Crippen molar-refractivity contribution in [2.24, 2.45) is 5.73 Å². The van der Waals surface area contributed by atoms with Crippen molar-refractivity contribution in [1.82, 2.24) is 30.3 Å². The van der Waals surface area contributed by atoms with E-state index in [4.69, 9.17) is 10.5 Å². The number of carbonyl (C=O) groups excluding carboxylic acids is 7. The first kappa shape index (κ1) is 44.0. The van der Waals surface area contributed by atoms with Crippen molar-refractivity contribution in [2.75, 3.05) is 31.5 Å². The van der Waals surface area contributed by atoms with Crippen LogP contribution in [0.1, 0.15) is 76.3 Å². The molecule has 2 aromatic rings. The van der Waals surface area contributed by atoms with E-state index in [0.29, 0.717) is 63.1 Å². The Bertz CT molecular complexity index is 1750. The number of nitrogens with zero attached hydrogens (tertiary/aromatic N) is 4. The van der Waals surface area contributed by atoms with Crippen LogP contribution in [0.4, 0.5) is 19.4 Å². The predicted octanol–water partition coefficient (Wildman–Crippen LogP) is 2.46. The number of ether oxygens (including phenoxy) is 1. The monoisotopic (exact) mass is 798 g/mol. The van der Waals surface area contributed by atoms with Gasteiger partial charge in [0.2, 0.25) is 29.5 Å². The molecule has 4 fully saturated rings. The van der Waals surface area contributed by atoms with E-state index in [9.17, 15) is 42.3 Å². The topological polar surface area (TPSA) is 213 Å². The van der Waals surface area contributed by atoms with Gasteiger partial charge in [0, 0.05) is 31.9 Å². The van der Waals surface area contributed by atoms with Gasteiger partial charge in [0.1, 0.15) is 47.7 Å². The number of pyridine rings is 1. The minimum absolute atomic E-state index is 0.0174. The Labute approximate surface area is 330 Å². The van der Waals surface area contributed by atoms with Crippen LogP contribution in [-0.2, 0) is 33.5 Å². The van der Waals surface area contributed by atoms with Gasteiger partial charge in [-0.25, -0.2) is 23.4 Å². The van der Waals surface area contributed by atoms with E-state index < -0.39 is 59.8 Å². The molecule has 4 aliphatic heterocycles. The van der Waals surface area contributed by atoms with Gasteiger partial charge in [-0.15, -0.1) is 0 Å². The smallest absolute Gasteiger partial charge is 0.329 e. The van der Waals surface area contributed by atoms with Gasteiger partial charge in [0.05, 0.1) is 13.0 Å². The molecule has 6 rings (SSSR count). The molecule has 16 nitrogen and oxygen atoms in total. The molecule has 5 N–H and O–H groups in total. The van der Waals surface area contributed by atoms with Gasteiger partial charge in [-0.1, -0.05) is 6.07 Å². The lowest BCUT2D eigenvalue weighted by atomic mass is 9.99. The molecule has 0 bridgehead atoms. The highest BCUT2D eigenvalue weighted by molar-refractivity contribution is 5.96. The van der Waals surface area contributed by atoms with E-state index in [1.165, 1.54) is 17.0 Å². The van der Waals surface area contributed by atoms with Crippen LogP contribution in [0.2, 0.25) is 0 Å². The van der Waals surface area contributed by atoms with Gasteiger partial charge in [-0.3, -0.25) is 29.3 Å². The molecule has 5 atom stereocenters. The highest BCUT2D eigenvalue weighted by atomic mass is 19.1. The Hall–Kier alpha value is -5.68. The number of nitrogens with two attached hydrogens (primary N) is 1. The SMILES string of the molecule is CC1CC(=O)N2CCCC2C(=O)N2CCCCC2C(=O)NC(C)C(=O)N2CCCC2C(=O)O1.Cc1cc(F)cc(F)c1.Cc1ccc(NC(=O)NCC(N)=O)nc1. The highest BCUT2D eigenvalue weighted by Gasteiger charge is 2.43. The molecule has 0 saturated carbocycles. The summed E-state index contributed by atoms with van der Waals surface area (Å²) in [6.45, 7) is 7.96. The summed E-state index contributed by atoms with van der Waals surface area (Å²) < 4.78 is 29.9. The second-order valence-corrected chi connectivity index (χ2v) is 14.6. The number of nitrogens with one attached hydrogen (secondary N) is 3. The Balaban J connectivity index is 0.000000245. The number of cyclic esters (lactones) is 1. The molecular formula is C39H52F2N8O8. The summed E-state index contributed by atoms with van der Waals surface area (Å²) in [4.78, 5) is 95.6. The van der Waals surface area contributed by atoms with Crippen molar-refractivity contribution in [1.29, 1.82) is 0 Å². The second-order valence-electron chi connectivity index (χ2n) is 14.6. The van der Waals surface area contributed by atoms with Crippen LogP contribution < -0.4 is 21.7 Å². The number of amides is 7. The van der Waals surface area contributed by atoms with Crippen molar-refractivity contribution in [3.8, 4) is 0 Å². The fourth-order valence-corrected chi connectivity index (χ4v) is 7.12. The lowest BCUT2D eigenvalue weighted by molar-refractivity contribution is -0.160. The summed E-state index contributed by atoms with van der Waals surface area (Å²) in [5, 5.41) is 7.52. The number of anilines is 1. The maximum absolute atomic E-state index is 13.5. The fraction of sp³-hybridized carbons (Fsp3) is 0.538. The maximum atomic E-state index is 13.5. The summed E-state index contributed by atoms with van der Waals surface area (Å²) in [6.07, 6.45) is 5.51. The van der Waals surface area contributed by atoms with E-state index in [-0.39, 0.29) is 36.6 Å². The molecule has 0 aliphatic carbocycles. The Morgan fingerprint density at radius 3 is 2.07 bits per heavy atom. The zero-order valence-corrected chi connectivity index (χ0v) is 32.7. The van der Waals surface area contributed by atoms with Gasteiger partial charge in [-0.2, -0.15) is 0 Å². The average Bonchev–Trinajstić information content (AvgIpc) is 3.85. The molecule has 7 amide bonds. The van der Waals surface area contributed by atoms with Crippen molar-refractivity contribution in [3.05, 3.63) is 59.3 Å². The average molecular weight is 799 g/mol. The highest BCUT2D eigenvalue weighted by Crippen LogP contribution is 2.27. The number of halogens is 2. The number of aryl methyl sites for hydroxylation is 2. The first-order chi connectivity index (χ1) is 27.0. The van der Waals surface area contributed by atoms with E-state index in [2.05, 4.69) is 20.9 Å². The number of primary amides is 1. The van der Waals surface area contributed by atoms with Crippen molar-refractivity contribution in [2.45, 2.75) is 109 Å². The number of hydrogen-bond donors (Lipinski definition) is 4. The lowest BCUT2D eigenvalue weighted by Crippen LogP contribution is -2.59. The number of esters is 1. The molecule has 57 heavy (non-hydrogen) atoms. The van der Waals surface area contributed by atoms with Crippen LogP contribution >= 0.6 is 0 Å². The standard InChI is InChI=1S/C23H34N4O6.C9H12N4O2.C7H6F2/c1-14-13-19(28)25-11-5-8-17(25)22(31)26-10-4-3-7-16(26)20(29)24-15(2)21(30)27-12-6-9-18(27)23(32)33-14;1-6-2-3-8(11-4-6)13-9(15)12-5-7(10)14;1-5-2-6(8)4-7(9)3-5/h14-18H,3-13H2,1-2H3,(H,24,29);2-4H,5H2,1H3,(H2,10,14)(H2,11,12,13,15);2-4H,1H3. The minimum atomic E-state index is -0.820. The molecule has 0 radical (unpaired) electrons. The predicted molar refractivity (Wildman–Crippen MR) is 203 cm³/mol. The van der Waals surface area contributed by atoms with Gasteiger partial charge in [0.25, 0.3) is 0 Å². The van der Waals surface area contributed by atoms with Gasteiger partial charge in [0.15, 0.2) is 0 Å². The summed E-state index contributed by atoms with van der Waals surface area (Å²) in [5.74, 6) is -2.89. The zero-order chi connectivity index (χ0) is 41.8. The molecule has 18 heteroatoms. The van der Waals surface area contributed by atoms with E-state index in [1.54, 1.807) is 42.8 Å². The fourth-order valence-electron chi connectivity index (χ4n) is 7.12. The first-order valence-corrected chi connectivity index (χ1v) is 19.1. The third-order valence-electron chi connectivity index (χ3n) is 9.85. The number of carbonyl (C=O) groups is 7. The third kappa shape index (κ3) is 12.7. The minimum Gasteiger partial charge on any atom is -0.461 e. The summed E-state index contributed by atoms with van der Waals surface area (Å²) in [6, 6.07) is 3.59. The van der Waals surface area contributed by atoms with Gasteiger partial charge < -0.3 is 35.8 Å². The summed E-state index contributed by atoms with van der Waals surface area (Å²) >= 11 is 0. The van der Waals surface area contributed by atoms with E-state index >= 15 is 0 Å². The Morgan fingerprint density at radius 1 is 0.825 bits per heavy atom. The molecule has 0 spiro atoms. The third-order valence-corrected chi connectivity index (χ3v) is 9.85. The number of hydrogen-bond acceptors (Lipinski definition) is 9. The van der Waals surface area contributed by atoms with E-state index in [0.717, 1.165) is 24.5 Å². The van der Waals surface area contributed by atoms with Crippen molar-refractivity contribution < 1.29 is 47.1 Å². The normalized spacial score (nSPS) is 24.0. The van der Waals surface area contributed by atoms with E-state index in [1.807, 2.05) is 13.0 Å². The number of piperidine rings is 1. The molecule has 5 heterocycles. The van der Waals surface area contributed by atoms with Crippen LogP contribution in [0.15, 0.2) is 36.5 Å². The molecule has 1 aromatic carbocycles. The maximum Gasteiger partial charge on any atom is 0.329 e. The van der Waals surface area contributed by atoms with Crippen LogP contribution in [0, 0.1) is 25.5 Å². The molecule has 4 saturated heterocycles. The molecule has 1 aromatic heterocycles. The van der Waals surface area contributed by atoms with Crippen LogP contribution in [0.25, 0.3) is 0 Å². The molecule has 310 valence electrons. The summed E-state index contributed by atoms with van der Waals surface area (Å²) in [5.41, 5.74) is 6.46. The quantitative estimate of drug-likeness (QED) is 0.336. The number of urea groups is 1. The number of rotatable bonds is 3.